The summed E-state index contributed by atoms with van der Waals surface area (Å²) in [6.07, 6.45) is 0. The van der Waals surface area contributed by atoms with Crippen molar-refractivity contribution in [1.29, 1.82) is 0 Å². The SMILES string of the molecule is O=C(Oc1ccc(Cl)c(O)c1)c1ccc(NC2=C(Cl)C(=O)N(c3cccc4ccccc34)C2=O)cc1. The molecule has 0 unspecified atom stereocenters. The van der Waals surface area contributed by atoms with Crippen LogP contribution in [-0.2, 0) is 9.59 Å². The summed E-state index contributed by atoms with van der Waals surface area (Å²) in [5, 5.41) is 14.1. The van der Waals surface area contributed by atoms with E-state index in [1.165, 1.54) is 30.3 Å². The first-order valence-corrected chi connectivity index (χ1v) is 11.4. The lowest BCUT2D eigenvalue weighted by Crippen LogP contribution is -2.32. The third kappa shape index (κ3) is 4.26. The van der Waals surface area contributed by atoms with Gasteiger partial charge >= 0.3 is 5.97 Å². The fraction of sp³-hybridized carbons (Fsp3) is 0. The number of phenolic OH excluding ortho intramolecular Hbond substituents is 1. The van der Waals surface area contributed by atoms with Crippen LogP contribution >= 0.6 is 23.2 Å². The van der Waals surface area contributed by atoms with Gasteiger partial charge in [-0.3, -0.25) is 9.59 Å². The van der Waals surface area contributed by atoms with Crippen molar-refractivity contribution in [3.8, 4) is 11.5 Å². The van der Waals surface area contributed by atoms with E-state index in [4.69, 9.17) is 27.9 Å². The van der Waals surface area contributed by atoms with Gasteiger partial charge in [-0.2, -0.15) is 0 Å². The molecule has 0 fully saturated rings. The minimum Gasteiger partial charge on any atom is -0.506 e. The van der Waals surface area contributed by atoms with Crippen molar-refractivity contribution < 1.29 is 24.2 Å². The van der Waals surface area contributed by atoms with E-state index in [9.17, 15) is 19.5 Å². The largest absolute Gasteiger partial charge is 0.506 e. The fourth-order valence-electron chi connectivity index (χ4n) is 3.79. The first-order chi connectivity index (χ1) is 17.3. The molecule has 0 spiro atoms. The van der Waals surface area contributed by atoms with Crippen LogP contribution in [0.5, 0.6) is 11.5 Å². The number of fused-ring (bicyclic) bond motifs is 1. The molecule has 0 radical (unpaired) electrons. The van der Waals surface area contributed by atoms with E-state index < -0.39 is 17.8 Å². The molecule has 178 valence electrons. The number of anilines is 2. The van der Waals surface area contributed by atoms with Crippen molar-refractivity contribution in [2.45, 2.75) is 0 Å². The van der Waals surface area contributed by atoms with Crippen LogP contribution in [0, 0.1) is 0 Å². The Bertz CT molecular complexity index is 1580. The van der Waals surface area contributed by atoms with Gasteiger partial charge in [-0.25, -0.2) is 9.69 Å². The molecule has 36 heavy (non-hydrogen) atoms. The number of nitrogens with zero attached hydrogens (tertiary/aromatic N) is 1. The van der Waals surface area contributed by atoms with Crippen LogP contribution in [-0.4, -0.2) is 22.9 Å². The molecule has 0 saturated heterocycles. The van der Waals surface area contributed by atoms with Gasteiger partial charge in [0.2, 0.25) is 0 Å². The van der Waals surface area contributed by atoms with Gasteiger partial charge in [0.1, 0.15) is 22.2 Å². The molecule has 4 aromatic rings. The first kappa shape index (κ1) is 23.4. The molecule has 0 bridgehead atoms. The number of carbonyl (C=O) groups excluding carboxylic acids is 3. The van der Waals surface area contributed by atoms with Crippen LogP contribution in [0.3, 0.4) is 0 Å². The third-order valence-electron chi connectivity index (χ3n) is 5.55. The molecule has 0 saturated carbocycles. The molecule has 5 rings (SSSR count). The van der Waals surface area contributed by atoms with Gasteiger partial charge in [0.25, 0.3) is 11.8 Å². The molecule has 7 nitrogen and oxygen atoms in total. The van der Waals surface area contributed by atoms with E-state index in [0.717, 1.165) is 15.7 Å². The highest BCUT2D eigenvalue weighted by atomic mass is 35.5. The fourth-order valence-corrected chi connectivity index (χ4v) is 4.12. The predicted octanol–water partition coefficient (Wildman–Crippen LogP) is 5.85. The summed E-state index contributed by atoms with van der Waals surface area (Å²) in [5.41, 5.74) is 1.02. The summed E-state index contributed by atoms with van der Waals surface area (Å²) in [6.45, 7) is 0. The van der Waals surface area contributed by atoms with Gasteiger partial charge in [-0.05, 0) is 47.9 Å². The number of halogens is 2. The smallest absolute Gasteiger partial charge is 0.343 e. The second-order valence-electron chi connectivity index (χ2n) is 7.84. The summed E-state index contributed by atoms with van der Waals surface area (Å²) >= 11 is 12.0. The zero-order valence-corrected chi connectivity index (χ0v) is 19.9. The van der Waals surface area contributed by atoms with E-state index in [1.807, 2.05) is 30.3 Å². The second-order valence-corrected chi connectivity index (χ2v) is 8.62. The lowest BCUT2D eigenvalue weighted by atomic mass is 10.1. The molecular formula is C27H16Cl2N2O5. The van der Waals surface area contributed by atoms with Crippen molar-refractivity contribution in [2.24, 2.45) is 0 Å². The van der Waals surface area contributed by atoms with Crippen molar-refractivity contribution >= 4 is 63.1 Å². The van der Waals surface area contributed by atoms with Gasteiger partial charge in [0, 0.05) is 17.1 Å². The van der Waals surface area contributed by atoms with Crippen molar-refractivity contribution in [1.82, 2.24) is 0 Å². The number of amides is 2. The lowest BCUT2D eigenvalue weighted by Gasteiger charge is -2.17. The van der Waals surface area contributed by atoms with E-state index in [-0.39, 0.29) is 32.8 Å². The molecule has 9 heteroatoms. The second kappa shape index (κ2) is 9.37. The van der Waals surface area contributed by atoms with Crippen LogP contribution in [0.4, 0.5) is 11.4 Å². The maximum absolute atomic E-state index is 13.2. The Labute approximate surface area is 215 Å². The molecule has 0 aromatic heterocycles. The molecular weight excluding hydrogens is 503 g/mol. The van der Waals surface area contributed by atoms with Gasteiger partial charge < -0.3 is 15.2 Å². The quantitative estimate of drug-likeness (QED) is 0.195. The van der Waals surface area contributed by atoms with Crippen LogP contribution in [0.2, 0.25) is 5.02 Å². The van der Waals surface area contributed by atoms with Crippen LogP contribution in [0.1, 0.15) is 10.4 Å². The molecule has 2 amide bonds. The zero-order chi connectivity index (χ0) is 25.4. The topological polar surface area (TPSA) is 95.9 Å². The lowest BCUT2D eigenvalue weighted by molar-refractivity contribution is -0.120. The van der Waals surface area contributed by atoms with Crippen molar-refractivity contribution in [3.63, 3.8) is 0 Å². The highest BCUT2D eigenvalue weighted by molar-refractivity contribution is 6.53. The number of imide groups is 1. The van der Waals surface area contributed by atoms with Crippen LogP contribution in [0.15, 0.2) is 95.7 Å². The Hall–Kier alpha value is -4.33. The Morgan fingerprint density at radius 2 is 1.58 bits per heavy atom. The summed E-state index contributed by atoms with van der Waals surface area (Å²) < 4.78 is 5.24. The number of rotatable bonds is 5. The van der Waals surface area contributed by atoms with E-state index in [2.05, 4.69) is 5.32 Å². The van der Waals surface area contributed by atoms with E-state index in [1.54, 1.807) is 24.3 Å². The molecule has 1 aliphatic rings. The maximum atomic E-state index is 13.2. The monoisotopic (exact) mass is 518 g/mol. The normalized spacial score (nSPS) is 13.4. The number of ether oxygens (including phenoxy) is 1. The summed E-state index contributed by atoms with van der Waals surface area (Å²) in [4.78, 5) is 39.6. The van der Waals surface area contributed by atoms with Gasteiger partial charge in [-0.1, -0.05) is 59.6 Å². The highest BCUT2D eigenvalue weighted by Crippen LogP contribution is 2.34. The number of aromatic hydroxyl groups is 1. The standard InChI is InChI=1S/C27H16Cl2N2O5/c28-20-13-12-18(14-22(20)32)36-27(35)16-8-10-17(11-9-16)30-24-23(29)25(33)31(26(24)34)21-7-3-5-15-4-1-2-6-19(15)21/h1-14,30,32H. The minimum absolute atomic E-state index is 0.0680. The van der Waals surface area contributed by atoms with Crippen LogP contribution < -0.4 is 15.0 Å². The average Bonchev–Trinajstić information content (AvgIpc) is 3.09. The predicted molar refractivity (Wildman–Crippen MR) is 137 cm³/mol. The Morgan fingerprint density at radius 3 is 2.33 bits per heavy atom. The van der Waals surface area contributed by atoms with E-state index >= 15 is 0 Å². The summed E-state index contributed by atoms with van der Waals surface area (Å²) in [6, 6.07) is 22.9. The third-order valence-corrected chi connectivity index (χ3v) is 6.22. The molecule has 0 aliphatic carbocycles. The summed E-state index contributed by atoms with van der Waals surface area (Å²) in [7, 11) is 0. The Balaban J connectivity index is 1.34. The number of nitrogens with one attached hydrogen (secondary N) is 1. The van der Waals surface area contributed by atoms with Gasteiger partial charge in [0.05, 0.1) is 16.3 Å². The average molecular weight is 519 g/mol. The molecule has 1 aliphatic heterocycles. The number of esters is 1. The first-order valence-electron chi connectivity index (χ1n) is 10.7. The number of carbonyl (C=O) groups is 3. The molecule has 4 aromatic carbocycles. The van der Waals surface area contributed by atoms with Crippen molar-refractivity contribution in [3.05, 3.63) is 106 Å². The molecule has 1 heterocycles. The number of hydrogen-bond donors (Lipinski definition) is 2. The Morgan fingerprint density at radius 1 is 0.861 bits per heavy atom. The van der Waals surface area contributed by atoms with E-state index in [0.29, 0.717) is 11.4 Å². The van der Waals surface area contributed by atoms with Gasteiger partial charge in [-0.15, -0.1) is 0 Å². The zero-order valence-electron chi connectivity index (χ0n) is 18.4. The van der Waals surface area contributed by atoms with Crippen LogP contribution in [0.25, 0.3) is 10.8 Å². The van der Waals surface area contributed by atoms with Crippen molar-refractivity contribution in [2.75, 3.05) is 10.2 Å². The highest BCUT2D eigenvalue weighted by Gasteiger charge is 2.39. The minimum atomic E-state index is -0.658. The molecule has 2 N–H and O–H groups in total. The maximum Gasteiger partial charge on any atom is 0.343 e. The molecule has 0 atom stereocenters. The summed E-state index contributed by atoms with van der Waals surface area (Å²) in [5.74, 6) is -1.96. The Kier molecular flexibility index (Phi) is 6.10. The number of hydrogen-bond acceptors (Lipinski definition) is 6. The number of phenols is 1. The number of benzene rings is 4. The van der Waals surface area contributed by atoms with Gasteiger partial charge in [0.15, 0.2) is 0 Å².